The molecule has 5 heteroatoms. The summed E-state index contributed by atoms with van der Waals surface area (Å²) in [7, 11) is 0. The van der Waals surface area contributed by atoms with E-state index in [1.165, 1.54) is 0 Å². The number of nitrogens with zero attached hydrogens (tertiary/aromatic N) is 3. The second-order valence-electron chi connectivity index (χ2n) is 4.15. The van der Waals surface area contributed by atoms with Crippen LogP contribution >= 0.6 is 0 Å². The molecule has 2 N–H and O–H groups in total. The zero-order valence-corrected chi connectivity index (χ0v) is 10.9. The van der Waals surface area contributed by atoms with E-state index < -0.39 is 0 Å². The largest absolute Gasteiger partial charge is 0.393 e. The number of anilines is 1. The van der Waals surface area contributed by atoms with Gasteiger partial charge in [-0.25, -0.2) is 4.98 Å². The second kappa shape index (κ2) is 7.17. The highest BCUT2D eigenvalue weighted by molar-refractivity contribution is 5.25. The van der Waals surface area contributed by atoms with E-state index in [2.05, 4.69) is 34.3 Å². The molecule has 0 amide bonds. The highest BCUT2D eigenvalue weighted by Crippen LogP contribution is 2.07. The van der Waals surface area contributed by atoms with Crippen LogP contribution in [-0.4, -0.2) is 32.9 Å². The average molecular weight is 238 g/mol. The maximum absolute atomic E-state index is 9.13. The molecule has 1 atom stereocenters. The molecule has 0 fully saturated rings. The van der Waals surface area contributed by atoms with Crippen molar-refractivity contribution in [2.45, 2.75) is 52.6 Å². The molecule has 1 unspecified atom stereocenters. The van der Waals surface area contributed by atoms with E-state index in [9.17, 15) is 0 Å². The molecule has 0 aliphatic carbocycles. The van der Waals surface area contributed by atoms with Crippen LogP contribution in [0.25, 0.3) is 0 Å². The van der Waals surface area contributed by atoms with E-state index in [1.54, 1.807) is 6.92 Å². The summed E-state index contributed by atoms with van der Waals surface area (Å²) < 4.78 is 0. The third kappa shape index (κ3) is 4.65. The average Bonchev–Trinajstić information content (AvgIpc) is 2.34. The number of aryl methyl sites for hydroxylation is 2. The van der Waals surface area contributed by atoms with Crippen LogP contribution in [0.15, 0.2) is 0 Å². The number of aromatic nitrogens is 3. The summed E-state index contributed by atoms with van der Waals surface area (Å²) in [4.78, 5) is 4.43. The molecule has 1 heterocycles. The van der Waals surface area contributed by atoms with E-state index in [-0.39, 0.29) is 6.10 Å². The van der Waals surface area contributed by atoms with Crippen LogP contribution in [-0.2, 0) is 12.8 Å². The van der Waals surface area contributed by atoms with Gasteiger partial charge in [-0.2, -0.15) is 5.10 Å². The fourth-order valence-electron chi connectivity index (χ4n) is 1.61. The van der Waals surface area contributed by atoms with Gasteiger partial charge in [0.25, 0.3) is 0 Å². The van der Waals surface area contributed by atoms with Gasteiger partial charge in [0.1, 0.15) is 0 Å². The van der Waals surface area contributed by atoms with Crippen molar-refractivity contribution in [2.24, 2.45) is 0 Å². The molecule has 0 saturated carbocycles. The SMILES string of the molecule is CCc1nnc(NCCCC(C)O)nc1CC. The lowest BCUT2D eigenvalue weighted by Gasteiger charge is -2.08. The molecule has 0 bridgehead atoms. The molecule has 17 heavy (non-hydrogen) atoms. The molecule has 0 aliphatic heterocycles. The van der Waals surface area contributed by atoms with Crippen molar-refractivity contribution in [3.8, 4) is 0 Å². The van der Waals surface area contributed by atoms with Crippen LogP contribution in [0.3, 0.4) is 0 Å². The summed E-state index contributed by atoms with van der Waals surface area (Å²) in [5, 5.41) is 20.5. The minimum Gasteiger partial charge on any atom is -0.393 e. The number of nitrogens with one attached hydrogen (secondary N) is 1. The molecule has 0 aromatic carbocycles. The molecule has 0 aliphatic rings. The third-order valence-electron chi connectivity index (χ3n) is 2.59. The molecule has 96 valence electrons. The van der Waals surface area contributed by atoms with Gasteiger partial charge in [-0.1, -0.05) is 13.8 Å². The van der Waals surface area contributed by atoms with Crippen LogP contribution in [0.2, 0.25) is 0 Å². The smallest absolute Gasteiger partial charge is 0.242 e. The maximum Gasteiger partial charge on any atom is 0.242 e. The predicted molar refractivity (Wildman–Crippen MR) is 68.0 cm³/mol. The number of aliphatic hydroxyl groups excluding tert-OH is 1. The van der Waals surface area contributed by atoms with E-state index >= 15 is 0 Å². The topological polar surface area (TPSA) is 70.9 Å². The zero-order chi connectivity index (χ0) is 12.7. The van der Waals surface area contributed by atoms with Crippen LogP contribution in [0.4, 0.5) is 5.95 Å². The molecule has 1 rings (SSSR count). The lowest BCUT2D eigenvalue weighted by Crippen LogP contribution is -2.12. The quantitative estimate of drug-likeness (QED) is 0.706. The summed E-state index contributed by atoms with van der Waals surface area (Å²) in [5.41, 5.74) is 1.99. The second-order valence-corrected chi connectivity index (χ2v) is 4.15. The Bertz CT molecular complexity index is 341. The first kappa shape index (κ1) is 13.8. The highest BCUT2D eigenvalue weighted by atomic mass is 16.3. The zero-order valence-electron chi connectivity index (χ0n) is 10.9. The summed E-state index contributed by atoms with van der Waals surface area (Å²) in [6.07, 6.45) is 3.18. The number of hydrogen-bond donors (Lipinski definition) is 2. The highest BCUT2D eigenvalue weighted by Gasteiger charge is 2.05. The number of aliphatic hydroxyl groups is 1. The van der Waals surface area contributed by atoms with Gasteiger partial charge in [0.05, 0.1) is 17.5 Å². The molecule has 0 radical (unpaired) electrons. The molecule has 5 nitrogen and oxygen atoms in total. The van der Waals surface area contributed by atoms with Crippen molar-refractivity contribution in [1.82, 2.24) is 15.2 Å². The van der Waals surface area contributed by atoms with E-state index in [1.807, 2.05) is 0 Å². The van der Waals surface area contributed by atoms with Gasteiger partial charge in [-0.15, -0.1) is 5.10 Å². The van der Waals surface area contributed by atoms with Crippen molar-refractivity contribution in [3.63, 3.8) is 0 Å². The maximum atomic E-state index is 9.13. The lowest BCUT2D eigenvalue weighted by molar-refractivity contribution is 0.183. The van der Waals surface area contributed by atoms with Gasteiger partial charge < -0.3 is 10.4 Å². The monoisotopic (exact) mass is 238 g/mol. The van der Waals surface area contributed by atoms with Crippen LogP contribution in [0, 0.1) is 0 Å². The van der Waals surface area contributed by atoms with Gasteiger partial charge >= 0.3 is 0 Å². The van der Waals surface area contributed by atoms with Gasteiger partial charge in [-0.05, 0) is 32.6 Å². The van der Waals surface area contributed by atoms with Crippen LogP contribution in [0.1, 0.15) is 45.0 Å². The van der Waals surface area contributed by atoms with Crippen molar-refractivity contribution >= 4 is 5.95 Å². The van der Waals surface area contributed by atoms with Crippen LogP contribution in [0.5, 0.6) is 0 Å². The molecule has 0 spiro atoms. The van der Waals surface area contributed by atoms with E-state index in [4.69, 9.17) is 5.11 Å². The minimum atomic E-state index is -0.246. The summed E-state index contributed by atoms with van der Waals surface area (Å²) in [6.45, 7) is 6.69. The number of rotatable bonds is 7. The minimum absolute atomic E-state index is 0.246. The Kier molecular flexibility index (Phi) is 5.83. The van der Waals surface area contributed by atoms with Gasteiger partial charge in [0.2, 0.25) is 5.95 Å². The van der Waals surface area contributed by atoms with E-state index in [0.29, 0.717) is 5.95 Å². The fourth-order valence-corrected chi connectivity index (χ4v) is 1.61. The first-order valence-electron chi connectivity index (χ1n) is 6.31. The van der Waals surface area contributed by atoms with Crippen molar-refractivity contribution in [3.05, 3.63) is 11.4 Å². The standard InChI is InChI=1S/C12H22N4O/c1-4-10-11(5-2)15-16-12(14-10)13-8-6-7-9(3)17/h9,17H,4-8H2,1-3H3,(H,13,14,16). The summed E-state index contributed by atoms with van der Waals surface area (Å²) >= 11 is 0. The van der Waals surface area contributed by atoms with Crippen molar-refractivity contribution in [1.29, 1.82) is 0 Å². The van der Waals surface area contributed by atoms with E-state index in [0.717, 1.165) is 43.6 Å². The van der Waals surface area contributed by atoms with Crippen molar-refractivity contribution < 1.29 is 5.11 Å². The van der Waals surface area contributed by atoms with Crippen molar-refractivity contribution in [2.75, 3.05) is 11.9 Å². The van der Waals surface area contributed by atoms with Gasteiger partial charge in [0.15, 0.2) is 0 Å². The Morgan fingerprint density at radius 3 is 2.47 bits per heavy atom. The molecule has 1 aromatic rings. The van der Waals surface area contributed by atoms with Gasteiger partial charge in [0, 0.05) is 6.54 Å². The predicted octanol–water partition coefficient (Wildman–Crippen LogP) is 1.57. The first-order chi connectivity index (χ1) is 8.17. The Morgan fingerprint density at radius 2 is 1.88 bits per heavy atom. The summed E-state index contributed by atoms with van der Waals surface area (Å²) in [5.74, 6) is 0.588. The third-order valence-corrected chi connectivity index (χ3v) is 2.59. The first-order valence-corrected chi connectivity index (χ1v) is 6.31. The molecular formula is C12H22N4O. The Balaban J connectivity index is 2.48. The Labute approximate surface area is 103 Å². The normalized spacial score (nSPS) is 12.5. The summed E-state index contributed by atoms with van der Waals surface area (Å²) in [6, 6.07) is 0. The molecular weight excluding hydrogens is 216 g/mol. The Morgan fingerprint density at radius 1 is 1.18 bits per heavy atom. The lowest BCUT2D eigenvalue weighted by atomic mass is 10.2. The Hall–Kier alpha value is -1.23. The van der Waals surface area contributed by atoms with Gasteiger partial charge in [-0.3, -0.25) is 0 Å². The number of hydrogen-bond acceptors (Lipinski definition) is 5. The molecule has 1 aromatic heterocycles. The molecule has 0 saturated heterocycles. The van der Waals surface area contributed by atoms with Crippen LogP contribution < -0.4 is 5.32 Å². The fraction of sp³-hybridized carbons (Fsp3) is 0.750.